The Bertz CT molecular complexity index is 343. The summed E-state index contributed by atoms with van der Waals surface area (Å²) < 4.78 is 2.34. The van der Waals surface area contributed by atoms with Gasteiger partial charge in [0.25, 0.3) is 0 Å². The van der Waals surface area contributed by atoms with Crippen molar-refractivity contribution >= 4 is 5.95 Å². The van der Waals surface area contributed by atoms with E-state index in [1.54, 1.807) is 0 Å². The Labute approximate surface area is 105 Å². The van der Waals surface area contributed by atoms with Gasteiger partial charge in [-0.3, -0.25) is 0 Å². The molecule has 1 aliphatic carbocycles. The lowest BCUT2D eigenvalue weighted by Gasteiger charge is -2.26. The molecule has 0 saturated heterocycles. The molecule has 3 nitrogen and oxygen atoms in total. The molecule has 96 valence electrons. The molecule has 1 saturated carbocycles. The summed E-state index contributed by atoms with van der Waals surface area (Å²) >= 11 is 0. The SMILES string of the molecule is CC(C)(C)CNc1nccn1C1CCCCC1. The summed E-state index contributed by atoms with van der Waals surface area (Å²) in [5.41, 5.74) is 0.295. The van der Waals surface area contributed by atoms with Gasteiger partial charge in [0.2, 0.25) is 5.95 Å². The molecule has 0 spiro atoms. The van der Waals surface area contributed by atoms with Crippen molar-refractivity contribution in [2.24, 2.45) is 5.41 Å². The molecule has 1 aliphatic rings. The maximum absolute atomic E-state index is 4.45. The van der Waals surface area contributed by atoms with Crippen LogP contribution in [0, 0.1) is 5.41 Å². The Kier molecular flexibility index (Phi) is 3.75. The molecule has 1 heterocycles. The standard InChI is InChI=1S/C14H25N3/c1-14(2,3)11-16-13-15-9-10-17(13)12-7-5-4-6-8-12/h9-10,12H,4-8,11H2,1-3H3,(H,15,16). The molecule has 17 heavy (non-hydrogen) atoms. The Morgan fingerprint density at radius 3 is 2.65 bits per heavy atom. The first-order valence-corrected chi connectivity index (χ1v) is 6.83. The van der Waals surface area contributed by atoms with Crippen LogP contribution in [0.4, 0.5) is 5.95 Å². The number of hydrogen-bond donors (Lipinski definition) is 1. The molecule has 0 unspecified atom stereocenters. The number of anilines is 1. The average molecular weight is 235 g/mol. The molecular weight excluding hydrogens is 210 g/mol. The summed E-state index contributed by atoms with van der Waals surface area (Å²) in [6.45, 7) is 7.70. The molecule has 1 aromatic heterocycles. The monoisotopic (exact) mass is 235 g/mol. The highest BCUT2D eigenvalue weighted by molar-refractivity contribution is 5.27. The first-order chi connectivity index (χ1) is 8.06. The Hall–Kier alpha value is -0.990. The second-order valence-electron chi connectivity index (χ2n) is 6.36. The largest absolute Gasteiger partial charge is 0.355 e. The average Bonchev–Trinajstić information content (AvgIpc) is 2.75. The third-order valence-corrected chi connectivity index (χ3v) is 3.41. The highest BCUT2D eigenvalue weighted by Crippen LogP contribution is 2.30. The van der Waals surface area contributed by atoms with Crippen LogP contribution in [0.5, 0.6) is 0 Å². The molecule has 1 aromatic rings. The fraction of sp³-hybridized carbons (Fsp3) is 0.786. The maximum Gasteiger partial charge on any atom is 0.203 e. The van der Waals surface area contributed by atoms with E-state index in [9.17, 15) is 0 Å². The quantitative estimate of drug-likeness (QED) is 0.862. The zero-order chi connectivity index (χ0) is 12.3. The highest BCUT2D eigenvalue weighted by Gasteiger charge is 2.18. The number of aromatic nitrogens is 2. The molecule has 0 atom stereocenters. The van der Waals surface area contributed by atoms with E-state index in [1.165, 1.54) is 32.1 Å². The van der Waals surface area contributed by atoms with E-state index in [4.69, 9.17) is 0 Å². The van der Waals surface area contributed by atoms with Crippen LogP contribution in [0.3, 0.4) is 0 Å². The molecule has 2 rings (SSSR count). The minimum atomic E-state index is 0.295. The Morgan fingerprint density at radius 1 is 1.29 bits per heavy atom. The van der Waals surface area contributed by atoms with Gasteiger partial charge in [0.1, 0.15) is 0 Å². The molecule has 0 bridgehead atoms. The van der Waals surface area contributed by atoms with Gasteiger partial charge < -0.3 is 9.88 Å². The Balaban J connectivity index is 2.00. The van der Waals surface area contributed by atoms with E-state index < -0.39 is 0 Å². The van der Waals surface area contributed by atoms with Gasteiger partial charge in [0.15, 0.2) is 0 Å². The van der Waals surface area contributed by atoms with Gasteiger partial charge in [0, 0.05) is 25.0 Å². The van der Waals surface area contributed by atoms with Crippen molar-refractivity contribution in [2.75, 3.05) is 11.9 Å². The number of hydrogen-bond acceptors (Lipinski definition) is 2. The second-order valence-corrected chi connectivity index (χ2v) is 6.36. The highest BCUT2D eigenvalue weighted by atomic mass is 15.2. The summed E-state index contributed by atoms with van der Waals surface area (Å²) in [6.07, 6.45) is 10.8. The van der Waals surface area contributed by atoms with E-state index in [0.717, 1.165) is 12.5 Å². The van der Waals surface area contributed by atoms with Crippen molar-refractivity contribution in [2.45, 2.75) is 58.9 Å². The van der Waals surface area contributed by atoms with Crippen LogP contribution in [-0.2, 0) is 0 Å². The van der Waals surface area contributed by atoms with E-state index >= 15 is 0 Å². The first-order valence-electron chi connectivity index (χ1n) is 6.83. The van der Waals surface area contributed by atoms with Gasteiger partial charge in [-0.05, 0) is 18.3 Å². The van der Waals surface area contributed by atoms with Crippen LogP contribution in [0.1, 0.15) is 58.9 Å². The zero-order valence-corrected chi connectivity index (χ0v) is 11.4. The van der Waals surface area contributed by atoms with Crippen molar-refractivity contribution in [1.29, 1.82) is 0 Å². The first kappa shape index (κ1) is 12.5. The summed E-state index contributed by atoms with van der Waals surface area (Å²) in [5, 5.41) is 3.48. The molecule has 0 radical (unpaired) electrons. The molecule has 1 N–H and O–H groups in total. The maximum atomic E-state index is 4.45. The fourth-order valence-corrected chi connectivity index (χ4v) is 2.45. The predicted octanol–water partition coefficient (Wildman–Crippen LogP) is 3.85. The molecule has 0 aromatic carbocycles. The minimum absolute atomic E-state index is 0.295. The van der Waals surface area contributed by atoms with Gasteiger partial charge in [-0.1, -0.05) is 40.0 Å². The third-order valence-electron chi connectivity index (χ3n) is 3.41. The molecule has 0 amide bonds. The van der Waals surface area contributed by atoms with Crippen LogP contribution >= 0.6 is 0 Å². The summed E-state index contributed by atoms with van der Waals surface area (Å²) in [6, 6.07) is 0.661. The number of imidazole rings is 1. The van der Waals surface area contributed by atoms with Crippen molar-refractivity contribution in [3.63, 3.8) is 0 Å². The van der Waals surface area contributed by atoms with Crippen LogP contribution in [0.25, 0.3) is 0 Å². The van der Waals surface area contributed by atoms with Gasteiger partial charge in [-0.25, -0.2) is 4.98 Å². The van der Waals surface area contributed by atoms with Crippen LogP contribution in [0.15, 0.2) is 12.4 Å². The van der Waals surface area contributed by atoms with Crippen LogP contribution < -0.4 is 5.32 Å². The minimum Gasteiger partial charge on any atom is -0.355 e. The van der Waals surface area contributed by atoms with Gasteiger partial charge in [0.05, 0.1) is 0 Å². The Morgan fingerprint density at radius 2 is 2.00 bits per heavy atom. The smallest absolute Gasteiger partial charge is 0.203 e. The van der Waals surface area contributed by atoms with Crippen LogP contribution in [0.2, 0.25) is 0 Å². The molecule has 0 aliphatic heterocycles. The molecule has 3 heteroatoms. The van der Waals surface area contributed by atoms with Gasteiger partial charge >= 0.3 is 0 Å². The summed E-state index contributed by atoms with van der Waals surface area (Å²) in [7, 11) is 0. The van der Waals surface area contributed by atoms with E-state index in [2.05, 4.69) is 41.8 Å². The van der Waals surface area contributed by atoms with Crippen molar-refractivity contribution < 1.29 is 0 Å². The molecule has 1 fully saturated rings. The topological polar surface area (TPSA) is 29.9 Å². The summed E-state index contributed by atoms with van der Waals surface area (Å²) in [4.78, 5) is 4.45. The van der Waals surface area contributed by atoms with Gasteiger partial charge in [-0.2, -0.15) is 0 Å². The van der Waals surface area contributed by atoms with Crippen LogP contribution in [-0.4, -0.2) is 16.1 Å². The lowest BCUT2D eigenvalue weighted by atomic mass is 9.95. The zero-order valence-electron chi connectivity index (χ0n) is 11.4. The van der Waals surface area contributed by atoms with Gasteiger partial charge in [-0.15, -0.1) is 0 Å². The lowest BCUT2D eigenvalue weighted by Crippen LogP contribution is -2.22. The third kappa shape index (κ3) is 3.48. The summed E-state index contributed by atoms with van der Waals surface area (Å²) in [5.74, 6) is 1.05. The lowest BCUT2D eigenvalue weighted by molar-refractivity contribution is 0.354. The number of nitrogens with one attached hydrogen (secondary N) is 1. The second kappa shape index (κ2) is 5.11. The normalized spacial score (nSPS) is 18.3. The van der Waals surface area contributed by atoms with Crippen molar-refractivity contribution in [3.05, 3.63) is 12.4 Å². The number of nitrogens with zero attached hydrogens (tertiary/aromatic N) is 2. The van der Waals surface area contributed by atoms with E-state index in [1.807, 2.05) is 6.20 Å². The fourth-order valence-electron chi connectivity index (χ4n) is 2.45. The molecular formula is C14H25N3. The predicted molar refractivity (Wildman–Crippen MR) is 72.3 cm³/mol. The van der Waals surface area contributed by atoms with E-state index in [0.29, 0.717) is 11.5 Å². The van der Waals surface area contributed by atoms with E-state index in [-0.39, 0.29) is 0 Å². The van der Waals surface area contributed by atoms with Crippen molar-refractivity contribution in [1.82, 2.24) is 9.55 Å². The number of rotatable bonds is 3. The van der Waals surface area contributed by atoms with Crippen molar-refractivity contribution in [3.8, 4) is 0 Å².